The van der Waals surface area contributed by atoms with Crippen molar-refractivity contribution in [3.63, 3.8) is 0 Å². The summed E-state index contributed by atoms with van der Waals surface area (Å²) in [7, 11) is 0. The summed E-state index contributed by atoms with van der Waals surface area (Å²) < 4.78 is 10.2. The Bertz CT molecular complexity index is 1530. The molecule has 11 heteroatoms. The zero-order valence-electron chi connectivity index (χ0n) is 21.1. The van der Waals surface area contributed by atoms with E-state index in [1.165, 1.54) is 54.8 Å². The van der Waals surface area contributed by atoms with E-state index >= 15 is 0 Å². The average molecular weight is 581 g/mol. The Morgan fingerprint density at radius 1 is 1.05 bits per heavy atom. The van der Waals surface area contributed by atoms with E-state index in [0.29, 0.717) is 6.42 Å². The molecular formula is C29H22Cl2N2O7. The number of benzene rings is 2. The minimum absolute atomic E-state index is 0.00391. The van der Waals surface area contributed by atoms with Gasteiger partial charge in [0.15, 0.2) is 5.78 Å². The maximum absolute atomic E-state index is 13.7. The van der Waals surface area contributed by atoms with Crippen LogP contribution in [0.1, 0.15) is 44.6 Å². The third kappa shape index (κ3) is 5.17. The maximum Gasteiger partial charge on any atom is 0.379 e. The summed E-state index contributed by atoms with van der Waals surface area (Å²) in [5.74, 6) is -4.52. The fourth-order valence-electron chi connectivity index (χ4n) is 4.89. The first-order valence-electron chi connectivity index (χ1n) is 12.4. The van der Waals surface area contributed by atoms with Gasteiger partial charge in [-0.2, -0.15) is 5.01 Å². The van der Waals surface area contributed by atoms with Crippen molar-refractivity contribution in [1.29, 1.82) is 0 Å². The van der Waals surface area contributed by atoms with Gasteiger partial charge in [0, 0.05) is 10.6 Å². The smallest absolute Gasteiger partial charge is 0.379 e. The largest absolute Gasteiger partial charge is 0.457 e. The molecule has 9 nitrogen and oxygen atoms in total. The van der Waals surface area contributed by atoms with Crippen LogP contribution >= 0.6 is 23.2 Å². The Labute approximate surface area is 238 Å². The third-order valence-electron chi connectivity index (χ3n) is 6.89. The van der Waals surface area contributed by atoms with Gasteiger partial charge in [-0.05, 0) is 66.9 Å². The summed E-state index contributed by atoms with van der Waals surface area (Å²) in [5.41, 5.74) is 0.130. The number of rotatable bonds is 7. The number of halogens is 2. The number of ether oxygens (including phenoxy) is 1. The lowest BCUT2D eigenvalue weighted by Gasteiger charge is -2.30. The second-order valence-corrected chi connectivity index (χ2v) is 10.3. The summed E-state index contributed by atoms with van der Waals surface area (Å²) in [6, 6.07) is 12.8. The predicted octanol–water partition coefficient (Wildman–Crippen LogP) is 5.24. The summed E-state index contributed by atoms with van der Waals surface area (Å²) in [6.45, 7) is 1.21. The molecule has 0 unspecified atom stereocenters. The molecule has 1 aliphatic carbocycles. The molecule has 1 aromatic heterocycles. The van der Waals surface area contributed by atoms with Gasteiger partial charge < -0.3 is 9.15 Å². The van der Waals surface area contributed by atoms with Gasteiger partial charge in [-0.1, -0.05) is 42.3 Å². The number of hydrogen-bond acceptors (Lipinski definition) is 7. The van der Waals surface area contributed by atoms with Crippen molar-refractivity contribution in [2.45, 2.75) is 13.3 Å². The summed E-state index contributed by atoms with van der Waals surface area (Å²) in [4.78, 5) is 66.1. The lowest BCUT2D eigenvalue weighted by molar-refractivity contribution is -0.154. The topological polar surface area (TPSA) is 114 Å². The minimum atomic E-state index is -0.806. The van der Waals surface area contributed by atoms with Crippen LogP contribution in [0.4, 0.5) is 0 Å². The van der Waals surface area contributed by atoms with E-state index in [0.717, 1.165) is 10.0 Å². The molecule has 40 heavy (non-hydrogen) atoms. The number of Topliss-reactive ketones (excluding diaryl/α,β-unsaturated/α-hetero) is 1. The molecule has 204 valence electrons. The number of ketones is 1. The lowest BCUT2D eigenvalue weighted by atomic mass is 9.78. The number of allylic oxidation sites excluding steroid dienone is 2. The van der Waals surface area contributed by atoms with Crippen LogP contribution in [0.15, 0.2) is 77.4 Å². The highest BCUT2D eigenvalue weighted by Gasteiger charge is 2.53. The van der Waals surface area contributed by atoms with Gasteiger partial charge in [0.2, 0.25) is 5.76 Å². The molecule has 0 saturated carbocycles. The van der Waals surface area contributed by atoms with E-state index < -0.39 is 47.9 Å². The van der Waals surface area contributed by atoms with Crippen LogP contribution in [-0.4, -0.2) is 46.0 Å². The standard InChI is InChI=1S/C29H22Cl2N2O7/c1-16-4-2-5-21-25(16)28(37)33(27(21)36)32(26(35)20-12-9-18(30)14-22(20)31)15-23(34)17-7-10-19(11-8-17)40-29(38)24-6-3-13-39-24/h2-4,6-14,16,21,25H,5,15H2,1H3/t16-,21+,25-/m1/s1. The first kappa shape index (κ1) is 27.4. The van der Waals surface area contributed by atoms with Crippen molar-refractivity contribution in [2.75, 3.05) is 6.54 Å². The van der Waals surface area contributed by atoms with E-state index in [-0.39, 0.29) is 38.6 Å². The number of esters is 1. The van der Waals surface area contributed by atoms with Gasteiger partial charge >= 0.3 is 5.97 Å². The zero-order valence-corrected chi connectivity index (χ0v) is 22.6. The predicted molar refractivity (Wildman–Crippen MR) is 144 cm³/mol. The molecule has 5 rings (SSSR count). The number of fused-ring (bicyclic) bond motifs is 1. The second-order valence-electron chi connectivity index (χ2n) is 9.44. The van der Waals surface area contributed by atoms with Crippen molar-refractivity contribution in [3.8, 4) is 5.75 Å². The van der Waals surface area contributed by atoms with Gasteiger partial charge in [-0.15, -0.1) is 0 Å². The molecule has 2 aromatic carbocycles. The minimum Gasteiger partial charge on any atom is -0.457 e. The number of carbonyl (C=O) groups is 5. The Balaban J connectivity index is 1.42. The Kier molecular flexibility index (Phi) is 7.60. The number of hydrazine groups is 1. The van der Waals surface area contributed by atoms with Crippen molar-refractivity contribution < 1.29 is 33.1 Å². The van der Waals surface area contributed by atoms with E-state index in [4.69, 9.17) is 32.4 Å². The van der Waals surface area contributed by atoms with Crippen molar-refractivity contribution in [3.05, 3.63) is 99.9 Å². The van der Waals surface area contributed by atoms with Crippen LogP contribution in [-0.2, 0) is 9.59 Å². The average Bonchev–Trinajstić information content (AvgIpc) is 3.55. The molecule has 2 aliphatic rings. The first-order valence-corrected chi connectivity index (χ1v) is 13.1. The molecule has 3 atom stereocenters. The SMILES string of the molecule is C[C@@H]1C=CC[C@@H]2C(=O)N(N(CC(=O)c3ccc(OC(=O)c4ccco4)cc3)C(=O)c3ccc(Cl)cc3Cl)C(=O)[C@H]12. The van der Waals surface area contributed by atoms with Gasteiger partial charge in [0.25, 0.3) is 17.7 Å². The van der Waals surface area contributed by atoms with Crippen molar-refractivity contribution in [2.24, 2.45) is 17.8 Å². The monoisotopic (exact) mass is 580 g/mol. The summed E-state index contributed by atoms with van der Waals surface area (Å²) >= 11 is 12.3. The van der Waals surface area contributed by atoms with Crippen LogP contribution in [0.2, 0.25) is 10.0 Å². The quantitative estimate of drug-likeness (QED) is 0.123. The Morgan fingerprint density at radius 3 is 2.45 bits per heavy atom. The Hall–Kier alpha value is -4.21. The van der Waals surface area contributed by atoms with Crippen LogP contribution < -0.4 is 4.74 Å². The number of nitrogens with zero attached hydrogens (tertiary/aromatic N) is 2. The molecule has 1 fully saturated rings. The van der Waals surface area contributed by atoms with E-state index in [2.05, 4.69) is 0 Å². The van der Waals surface area contributed by atoms with Crippen LogP contribution in [0.25, 0.3) is 0 Å². The molecule has 2 heterocycles. The molecule has 0 N–H and O–H groups in total. The highest BCUT2D eigenvalue weighted by atomic mass is 35.5. The number of amides is 3. The number of carbonyl (C=O) groups excluding carboxylic acids is 5. The molecule has 3 amide bonds. The van der Waals surface area contributed by atoms with Crippen molar-refractivity contribution >= 4 is 52.7 Å². The molecule has 3 aromatic rings. The molecule has 1 saturated heterocycles. The maximum atomic E-state index is 13.7. The fraction of sp³-hybridized carbons (Fsp3) is 0.207. The molecule has 0 radical (unpaired) electrons. The van der Waals surface area contributed by atoms with Crippen LogP contribution in [0, 0.1) is 17.8 Å². The summed E-state index contributed by atoms with van der Waals surface area (Å²) in [6.07, 6.45) is 5.40. The Morgan fingerprint density at radius 2 is 1.80 bits per heavy atom. The number of furan rings is 1. The second kappa shape index (κ2) is 11.1. The van der Waals surface area contributed by atoms with Crippen LogP contribution in [0.3, 0.4) is 0 Å². The van der Waals surface area contributed by atoms with Gasteiger partial charge in [0.1, 0.15) is 12.3 Å². The first-order chi connectivity index (χ1) is 19.2. The van der Waals surface area contributed by atoms with Gasteiger partial charge in [0.05, 0.1) is 28.7 Å². The van der Waals surface area contributed by atoms with E-state index in [1.807, 2.05) is 19.1 Å². The molecule has 0 bridgehead atoms. The van der Waals surface area contributed by atoms with E-state index in [1.54, 1.807) is 6.07 Å². The summed E-state index contributed by atoms with van der Waals surface area (Å²) in [5, 5.41) is 1.92. The van der Waals surface area contributed by atoms with Crippen molar-refractivity contribution in [1.82, 2.24) is 10.0 Å². The zero-order chi connectivity index (χ0) is 28.6. The highest BCUT2D eigenvalue weighted by Crippen LogP contribution is 2.39. The number of imide groups is 1. The van der Waals surface area contributed by atoms with Gasteiger partial charge in [-0.3, -0.25) is 19.2 Å². The van der Waals surface area contributed by atoms with E-state index in [9.17, 15) is 24.0 Å². The lowest BCUT2D eigenvalue weighted by Crippen LogP contribution is -2.52. The number of hydrogen-bond donors (Lipinski definition) is 0. The van der Waals surface area contributed by atoms with Crippen LogP contribution in [0.5, 0.6) is 5.75 Å². The molecule has 1 aliphatic heterocycles. The molecule has 0 spiro atoms. The molecular weight excluding hydrogens is 559 g/mol. The van der Waals surface area contributed by atoms with Gasteiger partial charge in [-0.25, -0.2) is 9.80 Å². The normalized spacial score (nSPS) is 19.9. The third-order valence-corrected chi connectivity index (χ3v) is 7.44. The fourth-order valence-corrected chi connectivity index (χ4v) is 5.38. The highest BCUT2D eigenvalue weighted by molar-refractivity contribution is 6.36.